The van der Waals surface area contributed by atoms with E-state index in [1.54, 1.807) is 36.4 Å². The maximum atomic E-state index is 12.8. The molecular formula is C20H19FN2O4. The van der Waals surface area contributed by atoms with Gasteiger partial charge >= 0.3 is 5.97 Å². The number of hydrogen-bond acceptors (Lipinski definition) is 5. The van der Waals surface area contributed by atoms with E-state index in [2.05, 4.69) is 5.32 Å². The van der Waals surface area contributed by atoms with Gasteiger partial charge in [-0.3, -0.25) is 4.79 Å². The highest BCUT2D eigenvalue weighted by Crippen LogP contribution is 2.13. The first-order chi connectivity index (χ1) is 13.0. The Balaban J connectivity index is 1.68. The highest BCUT2D eigenvalue weighted by atomic mass is 19.1. The molecule has 0 bridgehead atoms. The summed E-state index contributed by atoms with van der Waals surface area (Å²) < 4.78 is 23.1. The zero-order valence-corrected chi connectivity index (χ0v) is 14.8. The van der Waals surface area contributed by atoms with Crippen LogP contribution in [-0.4, -0.2) is 31.1 Å². The van der Waals surface area contributed by atoms with Gasteiger partial charge in [0.15, 0.2) is 12.7 Å². The monoisotopic (exact) mass is 370 g/mol. The van der Waals surface area contributed by atoms with Crippen LogP contribution in [0.4, 0.5) is 4.39 Å². The summed E-state index contributed by atoms with van der Waals surface area (Å²) in [4.78, 5) is 23.6. The number of carbonyl (C=O) groups is 2. The van der Waals surface area contributed by atoms with E-state index in [0.29, 0.717) is 24.3 Å². The number of rotatable bonds is 8. The molecule has 0 aliphatic heterocycles. The van der Waals surface area contributed by atoms with E-state index < -0.39 is 24.6 Å². The van der Waals surface area contributed by atoms with E-state index >= 15 is 0 Å². The average molecular weight is 370 g/mol. The number of hydrogen-bond donors (Lipinski definition) is 1. The van der Waals surface area contributed by atoms with Gasteiger partial charge in [-0.05, 0) is 55.3 Å². The first kappa shape index (κ1) is 19.9. The number of halogens is 1. The van der Waals surface area contributed by atoms with Gasteiger partial charge in [0.2, 0.25) is 0 Å². The van der Waals surface area contributed by atoms with Crippen LogP contribution in [-0.2, 0) is 20.7 Å². The van der Waals surface area contributed by atoms with E-state index in [1.807, 2.05) is 6.07 Å². The number of nitriles is 1. The Kier molecular flexibility index (Phi) is 7.32. The van der Waals surface area contributed by atoms with E-state index in [4.69, 9.17) is 14.7 Å². The average Bonchev–Trinajstić information content (AvgIpc) is 2.68. The van der Waals surface area contributed by atoms with E-state index in [9.17, 15) is 14.0 Å². The van der Waals surface area contributed by atoms with Crippen LogP contribution >= 0.6 is 0 Å². The molecule has 27 heavy (non-hydrogen) atoms. The molecule has 2 aromatic carbocycles. The van der Waals surface area contributed by atoms with Crippen LogP contribution in [0.5, 0.6) is 5.75 Å². The zero-order chi connectivity index (χ0) is 19.6. The van der Waals surface area contributed by atoms with Crippen LogP contribution in [0.1, 0.15) is 18.1 Å². The predicted molar refractivity (Wildman–Crippen MR) is 95.3 cm³/mol. The normalized spacial score (nSPS) is 11.1. The molecule has 1 atom stereocenters. The van der Waals surface area contributed by atoms with Crippen molar-refractivity contribution in [1.82, 2.24) is 5.32 Å². The Morgan fingerprint density at radius 1 is 1.15 bits per heavy atom. The van der Waals surface area contributed by atoms with Crippen LogP contribution in [0.25, 0.3) is 0 Å². The number of ether oxygens (including phenoxy) is 2. The third kappa shape index (κ3) is 6.78. The molecule has 0 fully saturated rings. The third-order valence-corrected chi connectivity index (χ3v) is 3.62. The smallest absolute Gasteiger partial charge is 0.347 e. The van der Waals surface area contributed by atoms with Crippen molar-refractivity contribution < 1.29 is 23.5 Å². The lowest BCUT2D eigenvalue weighted by Crippen LogP contribution is -2.33. The number of nitrogens with one attached hydrogen (secondary N) is 1. The molecule has 1 amide bonds. The summed E-state index contributed by atoms with van der Waals surface area (Å²) in [5.74, 6) is -1.00. The molecule has 2 aromatic rings. The molecule has 0 radical (unpaired) electrons. The van der Waals surface area contributed by atoms with E-state index in [1.165, 1.54) is 19.1 Å². The van der Waals surface area contributed by atoms with Crippen molar-refractivity contribution in [3.63, 3.8) is 0 Å². The summed E-state index contributed by atoms with van der Waals surface area (Å²) in [7, 11) is 0. The molecule has 1 N–H and O–H groups in total. The summed E-state index contributed by atoms with van der Waals surface area (Å²) in [5, 5.41) is 11.4. The van der Waals surface area contributed by atoms with Crippen molar-refractivity contribution in [2.75, 3.05) is 13.2 Å². The molecule has 0 unspecified atom stereocenters. The molecule has 2 rings (SSSR count). The molecule has 0 aliphatic carbocycles. The van der Waals surface area contributed by atoms with Crippen molar-refractivity contribution in [3.05, 3.63) is 65.5 Å². The SMILES string of the molecule is C[C@H](Oc1ccc(C#N)cc1)C(=O)OCC(=O)NCCc1ccc(F)cc1. The van der Waals surface area contributed by atoms with Gasteiger partial charge in [-0.25, -0.2) is 9.18 Å². The molecule has 140 valence electrons. The summed E-state index contributed by atoms with van der Waals surface area (Å²) in [5.41, 5.74) is 1.37. The summed E-state index contributed by atoms with van der Waals surface area (Å²) in [6.45, 7) is 1.44. The molecule has 0 spiro atoms. The number of benzene rings is 2. The predicted octanol–water partition coefficient (Wildman–Crippen LogP) is 2.37. The van der Waals surface area contributed by atoms with Crippen molar-refractivity contribution in [3.8, 4) is 11.8 Å². The van der Waals surface area contributed by atoms with Gasteiger partial charge in [0.05, 0.1) is 11.6 Å². The van der Waals surface area contributed by atoms with Gasteiger partial charge in [-0.2, -0.15) is 5.26 Å². The second-order valence-corrected chi connectivity index (χ2v) is 5.73. The number of esters is 1. The molecule has 0 aromatic heterocycles. The minimum Gasteiger partial charge on any atom is -0.479 e. The molecule has 6 nitrogen and oxygen atoms in total. The molecule has 0 saturated heterocycles. The van der Waals surface area contributed by atoms with Crippen LogP contribution in [0.2, 0.25) is 0 Å². The first-order valence-corrected chi connectivity index (χ1v) is 8.32. The first-order valence-electron chi connectivity index (χ1n) is 8.32. The fourth-order valence-corrected chi connectivity index (χ4v) is 2.16. The van der Waals surface area contributed by atoms with Crippen molar-refractivity contribution in [2.24, 2.45) is 0 Å². The lowest BCUT2D eigenvalue weighted by molar-refractivity contribution is -0.154. The highest BCUT2D eigenvalue weighted by molar-refractivity contribution is 5.81. The summed E-state index contributed by atoms with van der Waals surface area (Å²) >= 11 is 0. The van der Waals surface area contributed by atoms with Gasteiger partial charge in [0.1, 0.15) is 11.6 Å². The fourth-order valence-electron chi connectivity index (χ4n) is 2.16. The Morgan fingerprint density at radius 3 is 2.44 bits per heavy atom. The van der Waals surface area contributed by atoms with Crippen LogP contribution in [0, 0.1) is 17.1 Å². The summed E-state index contributed by atoms with van der Waals surface area (Å²) in [6, 6.07) is 14.3. The zero-order valence-electron chi connectivity index (χ0n) is 14.8. The highest BCUT2D eigenvalue weighted by Gasteiger charge is 2.17. The minimum atomic E-state index is -0.898. The van der Waals surface area contributed by atoms with E-state index in [-0.39, 0.29) is 5.82 Å². The molecule has 0 saturated carbocycles. The largest absolute Gasteiger partial charge is 0.479 e. The van der Waals surface area contributed by atoms with E-state index in [0.717, 1.165) is 5.56 Å². The fraction of sp³-hybridized carbons (Fsp3) is 0.250. The maximum absolute atomic E-state index is 12.8. The van der Waals surface area contributed by atoms with Crippen molar-refractivity contribution in [2.45, 2.75) is 19.4 Å². The Bertz CT molecular complexity index is 813. The van der Waals surface area contributed by atoms with Gasteiger partial charge in [0.25, 0.3) is 5.91 Å². The second-order valence-electron chi connectivity index (χ2n) is 5.73. The lowest BCUT2D eigenvalue weighted by Gasteiger charge is -2.14. The van der Waals surface area contributed by atoms with Gasteiger partial charge in [0, 0.05) is 6.54 Å². The Labute approximate surface area is 156 Å². The number of amides is 1. The summed E-state index contributed by atoms with van der Waals surface area (Å²) in [6.07, 6.45) is -0.358. The molecule has 0 aliphatic rings. The minimum absolute atomic E-state index is 0.313. The second kappa shape index (κ2) is 9.92. The van der Waals surface area contributed by atoms with Crippen LogP contribution < -0.4 is 10.1 Å². The standard InChI is InChI=1S/C20H19FN2O4/c1-14(27-18-8-4-16(12-22)5-9-18)20(25)26-13-19(24)23-11-10-15-2-6-17(21)7-3-15/h2-9,14H,10-11,13H2,1H3,(H,23,24)/t14-/m0/s1. The molecule has 0 heterocycles. The number of carbonyl (C=O) groups excluding carboxylic acids is 2. The van der Waals surface area contributed by atoms with Crippen molar-refractivity contribution >= 4 is 11.9 Å². The number of nitrogens with zero attached hydrogens (tertiary/aromatic N) is 1. The van der Waals surface area contributed by atoms with Crippen LogP contribution in [0.15, 0.2) is 48.5 Å². The Morgan fingerprint density at radius 2 is 1.81 bits per heavy atom. The molecular weight excluding hydrogens is 351 g/mol. The van der Waals surface area contributed by atoms with Crippen LogP contribution in [0.3, 0.4) is 0 Å². The molecule has 7 heteroatoms. The van der Waals surface area contributed by atoms with Gasteiger partial charge in [-0.15, -0.1) is 0 Å². The van der Waals surface area contributed by atoms with Gasteiger partial charge < -0.3 is 14.8 Å². The topological polar surface area (TPSA) is 88.4 Å². The maximum Gasteiger partial charge on any atom is 0.347 e. The van der Waals surface area contributed by atoms with Gasteiger partial charge in [-0.1, -0.05) is 12.1 Å². The third-order valence-electron chi connectivity index (χ3n) is 3.62. The lowest BCUT2D eigenvalue weighted by atomic mass is 10.1. The Hall–Kier alpha value is -3.40. The van der Waals surface area contributed by atoms with Crippen molar-refractivity contribution in [1.29, 1.82) is 5.26 Å². The quantitative estimate of drug-likeness (QED) is 0.721.